The molecule has 0 aliphatic rings. The molecule has 4 rings (SSSR count). The van der Waals surface area contributed by atoms with Crippen LogP contribution in [0, 0.1) is 0 Å². The van der Waals surface area contributed by atoms with Gasteiger partial charge in [0.15, 0.2) is 6.61 Å². The lowest BCUT2D eigenvalue weighted by Gasteiger charge is -2.10. The van der Waals surface area contributed by atoms with Gasteiger partial charge in [0, 0.05) is 22.0 Å². The number of benzene rings is 2. The summed E-state index contributed by atoms with van der Waals surface area (Å²) < 4.78 is 6.72. The summed E-state index contributed by atoms with van der Waals surface area (Å²) in [5.41, 5.74) is 2.47. The van der Waals surface area contributed by atoms with Crippen LogP contribution >= 0.6 is 22.9 Å². The summed E-state index contributed by atoms with van der Waals surface area (Å²) >= 11 is 7.65. The van der Waals surface area contributed by atoms with Crippen molar-refractivity contribution in [2.24, 2.45) is 0 Å². The van der Waals surface area contributed by atoms with Crippen LogP contribution in [0.2, 0.25) is 5.02 Å². The highest BCUT2D eigenvalue weighted by molar-refractivity contribution is 7.13. The molecule has 2 aromatic heterocycles. The van der Waals surface area contributed by atoms with E-state index in [-0.39, 0.29) is 6.42 Å². The minimum absolute atomic E-state index is 0.00104. The van der Waals surface area contributed by atoms with Crippen molar-refractivity contribution in [1.29, 1.82) is 0 Å². The van der Waals surface area contributed by atoms with E-state index in [4.69, 9.17) is 16.3 Å². The fourth-order valence-corrected chi connectivity index (χ4v) is 4.00. The highest BCUT2D eigenvalue weighted by Crippen LogP contribution is 2.23. The minimum Gasteiger partial charge on any atom is -0.455 e. The molecule has 0 saturated carbocycles. The molecule has 0 bridgehead atoms. The van der Waals surface area contributed by atoms with Gasteiger partial charge in [0.05, 0.1) is 24.9 Å². The van der Waals surface area contributed by atoms with Crippen molar-refractivity contribution in [3.8, 4) is 10.6 Å². The Kier molecular flexibility index (Phi) is 6.94. The topological polar surface area (TPSA) is 86.1 Å². The average molecular weight is 467 g/mol. The highest BCUT2D eigenvalue weighted by Gasteiger charge is 2.14. The molecular weight excluding hydrogens is 448 g/mol. The Bertz CT molecular complexity index is 1220. The van der Waals surface area contributed by atoms with Crippen LogP contribution in [0.15, 0.2) is 72.2 Å². The largest absolute Gasteiger partial charge is 0.455 e. The molecule has 0 radical (unpaired) electrons. The van der Waals surface area contributed by atoms with Gasteiger partial charge in [-0.25, -0.2) is 9.67 Å². The number of aromatic nitrogens is 3. The van der Waals surface area contributed by atoms with E-state index in [9.17, 15) is 9.59 Å². The number of nitrogens with zero attached hydrogens (tertiary/aromatic N) is 3. The first-order valence-corrected chi connectivity index (χ1v) is 11.0. The molecule has 1 amide bonds. The highest BCUT2D eigenvalue weighted by atomic mass is 35.5. The zero-order valence-corrected chi connectivity index (χ0v) is 18.5. The number of esters is 1. The molecule has 0 saturated heterocycles. The maximum Gasteiger partial charge on any atom is 0.312 e. The minimum atomic E-state index is -0.519. The smallest absolute Gasteiger partial charge is 0.312 e. The zero-order chi connectivity index (χ0) is 22.3. The van der Waals surface area contributed by atoms with Gasteiger partial charge >= 0.3 is 5.97 Å². The molecule has 1 N–H and O–H groups in total. The third kappa shape index (κ3) is 5.60. The van der Waals surface area contributed by atoms with Gasteiger partial charge in [0.2, 0.25) is 0 Å². The molecular formula is C23H19ClN4O3S. The maximum atomic E-state index is 12.3. The fourth-order valence-electron chi connectivity index (χ4n) is 2.98. The van der Waals surface area contributed by atoms with E-state index in [1.165, 1.54) is 11.3 Å². The van der Waals surface area contributed by atoms with Crippen molar-refractivity contribution in [3.63, 3.8) is 0 Å². The number of nitrogens with one attached hydrogen (secondary N) is 1. The van der Waals surface area contributed by atoms with E-state index in [0.29, 0.717) is 23.1 Å². The molecule has 2 heterocycles. The van der Waals surface area contributed by atoms with Gasteiger partial charge in [-0.15, -0.1) is 11.3 Å². The first-order valence-electron chi connectivity index (χ1n) is 9.79. The lowest BCUT2D eigenvalue weighted by molar-refractivity contribution is -0.146. The molecule has 2 aromatic carbocycles. The number of thiazole rings is 1. The lowest BCUT2D eigenvalue weighted by atomic mass is 10.2. The number of anilines is 1. The van der Waals surface area contributed by atoms with Gasteiger partial charge in [-0.2, -0.15) is 5.10 Å². The normalized spacial score (nSPS) is 10.7. The number of carbonyl (C=O) groups is 2. The van der Waals surface area contributed by atoms with Gasteiger partial charge in [-0.05, 0) is 11.6 Å². The second kappa shape index (κ2) is 10.2. The van der Waals surface area contributed by atoms with Crippen molar-refractivity contribution in [2.45, 2.75) is 13.0 Å². The number of hydrogen-bond acceptors (Lipinski definition) is 6. The molecule has 162 valence electrons. The summed E-state index contributed by atoms with van der Waals surface area (Å²) in [5, 5.41) is 10.2. The molecule has 0 unspecified atom stereocenters. The van der Waals surface area contributed by atoms with Gasteiger partial charge in [0.25, 0.3) is 5.91 Å². The molecule has 0 aliphatic heterocycles. The van der Waals surface area contributed by atoms with Crippen LogP contribution in [0.5, 0.6) is 0 Å². The Hall–Kier alpha value is -3.49. The number of halogens is 1. The Balaban J connectivity index is 1.28. The summed E-state index contributed by atoms with van der Waals surface area (Å²) in [5.74, 6) is -0.491. The number of rotatable bonds is 8. The maximum absolute atomic E-state index is 12.3. The van der Waals surface area contributed by atoms with Crippen LogP contribution in [-0.4, -0.2) is 33.2 Å². The van der Waals surface area contributed by atoms with Crippen molar-refractivity contribution in [1.82, 2.24) is 14.8 Å². The molecule has 9 heteroatoms. The molecule has 4 aromatic rings. The van der Waals surface area contributed by atoms with Crippen LogP contribution in [0.3, 0.4) is 0 Å². The molecule has 0 atom stereocenters. The number of ether oxygens (including phenoxy) is 1. The first kappa shape index (κ1) is 21.7. The first-order chi connectivity index (χ1) is 15.6. The third-order valence-electron chi connectivity index (χ3n) is 4.52. The monoisotopic (exact) mass is 466 g/mol. The van der Waals surface area contributed by atoms with E-state index in [2.05, 4.69) is 15.4 Å². The fraction of sp³-hybridized carbons (Fsp3) is 0.130. The van der Waals surface area contributed by atoms with E-state index >= 15 is 0 Å². The Morgan fingerprint density at radius 3 is 2.66 bits per heavy atom. The number of hydrogen-bond donors (Lipinski definition) is 1. The van der Waals surface area contributed by atoms with Crippen molar-refractivity contribution in [3.05, 3.63) is 88.5 Å². The van der Waals surface area contributed by atoms with E-state index in [1.54, 1.807) is 23.0 Å². The summed E-state index contributed by atoms with van der Waals surface area (Å²) in [4.78, 5) is 28.9. The Morgan fingerprint density at radius 2 is 1.84 bits per heavy atom. The van der Waals surface area contributed by atoms with Crippen molar-refractivity contribution in [2.75, 3.05) is 11.9 Å². The molecule has 0 spiro atoms. The van der Waals surface area contributed by atoms with Crippen molar-refractivity contribution >= 4 is 40.6 Å². The second-order valence-corrected chi connectivity index (χ2v) is 8.13. The van der Waals surface area contributed by atoms with Crippen LogP contribution in [-0.2, 0) is 27.3 Å². The van der Waals surface area contributed by atoms with Crippen LogP contribution in [0.25, 0.3) is 10.6 Å². The molecule has 32 heavy (non-hydrogen) atoms. The average Bonchev–Trinajstić information content (AvgIpc) is 3.44. The van der Waals surface area contributed by atoms with E-state index in [0.717, 1.165) is 16.1 Å². The summed E-state index contributed by atoms with van der Waals surface area (Å²) in [6, 6.07) is 18.8. The van der Waals surface area contributed by atoms with Crippen molar-refractivity contribution < 1.29 is 14.3 Å². The molecule has 0 aliphatic carbocycles. The lowest BCUT2D eigenvalue weighted by Crippen LogP contribution is -2.23. The van der Waals surface area contributed by atoms with Gasteiger partial charge < -0.3 is 10.1 Å². The van der Waals surface area contributed by atoms with Gasteiger partial charge in [-0.3, -0.25) is 9.59 Å². The summed E-state index contributed by atoms with van der Waals surface area (Å²) in [6.45, 7) is 0.00142. The summed E-state index contributed by atoms with van der Waals surface area (Å²) in [7, 11) is 0. The third-order valence-corrected chi connectivity index (χ3v) is 5.83. The van der Waals surface area contributed by atoms with Crippen LogP contribution < -0.4 is 5.32 Å². The molecule has 7 nitrogen and oxygen atoms in total. The number of amides is 1. The Labute approximate surface area is 193 Å². The standard InChI is InChI=1S/C23H19ClN4O3S/c24-19-9-5-4-8-17(19)13-28-20(10-11-25-28)27-21(29)14-31-22(30)12-18-15-32-23(26-18)16-6-2-1-3-7-16/h1-11,15H,12-14H2,(H,27,29). The molecule has 0 fully saturated rings. The quantitative estimate of drug-likeness (QED) is 0.388. The predicted octanol–water partition coefficient (Wildman–Crippen LogP) is 4.43. The van der Waals surface area contributed by atoms with Gasteiger partial charge in [-0.1, -0.05) is 60.1 Å². The van der Waals surface area contributed by atoms with E-state index < -0.39 is 18.5 Å². The van der Waals surface area contributed by atoms with Gasteiger partial charge in [0.1, 0.15) is 10.8 Å². The Morgan fingerprint density at radius 1 is 1.06 bits per heavy atom. The van der Waals surface area contributed by atoms with Crippen LogP contribution in [0.1, 0.15) is 11.3 Å². The SMILES string of the molecule is O=C(COC(=O)Cc1csc(-c2ccccc2)n1)Nc1ccnn1Cc1ccccc1Cl. The van der Waals surface area contributed by atoms with E-state index in [1.807, 2.05) is 53.9 Å². The van der Waals surface area contributed by atoms with Crippen LogP contribution in [0.4, 0.5) is 5.82 Å². The zero-order valence-electron chi connectivity index (χ0n) is 16.9. The summed E-state index contributed by atoms with van der Waals surface area (Å²) in [6.07, 6.45) is 1.58. The predicted molar refractivity (Wildman–Crippen MR) is 124 cm³/mol. The number of carbonyl (C=O) groups excluding carboxylic acids is 2. The second-order valence-electron chi connectivity index (χ2n) is 6.86.